The van der Waals surface area contributed by atoms with Crippen LogP contribution in [-0.2, 0) is 0 Å². The molecule has 114 valence electrons. The van der Waals surface area contributed by atoms with Crippen molar-refractivity contribution in [2.24, 2.45) is 0 Å². The van der Waals surface area contributed by atoms with Crippen LogP contribution in [0.4, 0.5) is 0 Å². The Labute approximate surface area is 129 Å². The number of nitrogens with one attached hydrogen (secondary N) is 1. The molecule has 0 radical (unpaired) electrons. The first kappa shape index (κ1) is 14.4. The number of pyridine rings is 1. The van der Waals surface area contributed by atoms with Gasteiger partial charge in [-0.05, 0) is 49.2 Å². The molecule has 1 aliphatic rings. The predicted octanol–water partition coefficient (Wildman–Crippen LogP) is 3.00. The van der Waals surface area contributed by atoms with E-state index in [0.717, 1.165) is 17.7 Å². The number of rotatable bonds is 4. The summed E-state index contributed by atoms with van der Waals surface area (Å²) >= 11 is 0. The molecule has 0 bridgehead atoms. The Kier molecular flexibility index (Phi) is 3.96. The minimum Gasteiger partial charge on any atom is -0.454 e. The van der Waals surface area contributed by atoms with Gasteiger partial charge in [0.1, 0.15) is 0 Å². The highest BCUT2D eigenvalue weighted by Gasteiger charge is 2.19. The minimum atomic E-state index is -0.145. The molecule has 5 heteroatoms. The molecule has 0 fully saturated rings. The van der Waals surface area contributed by atoms with Crippen molar-refractivity contribution in [3.63, 3.8) is 0 Å². The topological polar surface area (TPSA) is 60.5 Å². The Morgan fingerprint density at radius 2 is 2.09 bits per heavy atom. The number of fused-ring (bicyclic) bond motifs is 1. The lowest BCUT2D eigenvalue weighted by molar-refractivity contribution is 0.0934. The number of hydrogen-bond acceptors (Lipinski definition) is 4. The fourth-order valence-electron chi connectivity index (χ4n) is 2.41. The van der Waals surface area contributed by atoms with Crippen LogP contribution in [0.3, 0.4) is 0 Å². The van der Waals surface area contributed by atoms with Gasteiger partial charge in [-0.1, -0.05) is 6.92 Å². The zero-order valence-electron chi connectivity index (χ0n) is 12.6. The second-order valence-corrected chi connectivity index (χ2v) is 5.26. The third-order valence-electron chi connectivity index (χ3n) is 3.64. The standard InChI is InChI=1S/C17H18N2O3/c1-3-13(14-8-11(2)6-7-18-14)19-17(20)12-4-5-15-16(9-12)22-10-21-15/h4-9,13H,3,10H2,1-2H3,(H,19,20). The number of amides is 1. The molecule has 1 atom stereocenters. The van der Waals surface area contributed by atoms with Crippen LogP contribution in [0, 0.1) is 6.92 Å². The first-order chi connectivity index (χ1) is 10.7. The molecule has 1 aromatic heterocycles. The maximum absolute atomic E-state index is 12.4. The lowest BCUT2D eigenvalue weighted by Crippen LogP contribution is -2.28. The molecule has 1 N–H and O–H groups in total. The first-order valence-electron chi connectivity index (χ1n) is 7.30. The van der Waals surface area contributed by atoms with E-state index in [4.69, 9.17) is 9.47 Å². The number of ether oxygens (including phenoxy) is 2. The second-order valence-electron chi connectivity index (χ2n) is 5.26. The van der Waals surface area contributed by atoms with Crippen molar-refractivity contribution in [2.45, 2.75) is 26.3 Å². The smallest absolute Gasteiger partial charge is 0.251 e. The van der Waals surface area contributed by atoms with Crippen molar-refractivity contribution < 1.29 is 14.3 Å². The van der Waals surface area contributed by atoms with Crippen molar-refractivity contribution in [3.8, 4) is 11.5 Å². The van der Waals surface area contributed by atoms with Crippen molar-refractivity contribution in [1.29, 1.82) is 0 Å². The van der Waals surface area contributed by atoms with Gasteiger partial charge in [-0.25, -0.2) is 0 Å². The molecular weight excluding hydrogens is 280 g/mol. The summed E-state index contributed by atoms with van der Waals surface area (Å²) in [5, 5.41) is 3.02. The third-order valence-corrected chi connectivity index (χ3v) is 3.64. The molecule has 22 heavy (non-hydrogen) atoms. The van der Waals surface area contributed by atoms with Crippen molar-refractivity contribution >= 4 is 5.91 Å². The van der Waals surface area contributed by atoms with Gasteiger partial charge in [0.2, 0.25) is 6.79 Å². The average molecular weight is 298 g/mol. The highest BCUT2D eigenvalue weighted by molar-refractivity contribution is 5.95. The van der Waals surface area contributed by atoms with Gasteiger partial charge < -0.3 is 14.8 Å². The van der Waals surface area contributed by atoms with Gasteiger partial charge in [-0.15, -0.1) is 0 Å². The van der Waals surface area contributed by atoms with Gasteiger partial charge in [0.15, 0.2) is 11.5 Å². The second kappa shape index (κ2) is 6.05. The van der Waals surface area contributed by atoms with Crippen LogP contribution >= 0.6 is 0 Å². The summed E-state index contributed by atoms with van der Waals surface area (Å²) < 4.78 is 10.6. The summed E-state index contributed by atoms with van der Waals surface area (Å²) in [6, 6.07) is 9.01. The zero-order chi connectivity index (χ0) is 15.5. The Bertz CT molecular complexity index is 700. The van der Waals surface area contributed by atoms with Crippen LogP contribution < -0.4 is 14.8 Å². The highest BCUT2D eigenvalue weighted by atomic mass is 16.7. The monoisotopic (exact) mass is 298 g/mol. The SMILES string of the molecule is CCC(NC(=O)c1ccc2c(c1)OCO2)c1cc(C)ccn1. The van der Waals surface area contributed by atoms with E-state index in [1.807, 2.05) is 26.0 Å². The maximum atomic E-state index is 12.4. The van der Waals surface area contributed by atoms with Gasteiger partial charge in [-0.3, -0.25) is 9.78 Å². The Morgan fingerprint density at radius 3 is 2.86 bits per heavy atom. The van der Waals surface area contributed by atoms with E-state index in [0.29, 0.717) is 17.1 Å². The number of hydrogen-bond donors (Lipinski definition) is 1. The van der Waals surface area contributed by atoms with Gasteiger partial charge in [0.05, 0.1) is 11.7 Å². The van der Waals surface area contributed by atoms with Crippen LogP contribution in [0.25, 0.3) is 0 Å². The van der Waals surface area contributed by atoms with Gasteiger partial charge >= 0.3 is 0 Å². The van der Waals surface area contributed by atoms with E-state index in [-0.39, 0.29) is 18.7 Å². The van der Waals surface area contributed by atoms with E-state index >= 15 is 0 Å². The molecule has 0 saturated carbocycles. The highest BCUT2D eigenvalue weighted by Crippen LogP contribution is 2.32. The molecule has 1 unspecified atom stereocenters. The van der Waals surface area contributed by atoms with E-state index in [9.17, 15) is 4.79 Å². The predicted molar refractivity (Wildman–Crippen MR) is 82.0 cm³/mol. The number of carbonyl (C=O) groups is 1. The maximum Gasteiger partial charge on any atom is 0.251 e. The normalized spacial score (nSPS) is 13.7. The summed E-state index contributed by atoms with van der Waals surface area (Å²) in [4.78, 5) is 16.8. The Balaban J connectivity index is 1.77. The molecule has 2 aromatic rings. The summed E-state index contributed by atoms with van der Waals surface area (Å²) in [6.45, 7) is 4.23. The van der Waals surface area contributed by atoms with Crippen LogP contribution in [0.15, 0.2) is 36.5 Å². The quantitative estimate of drug-likeness (QED) is 0.942. The van der Waals surface area contributed by atoms with Gasteiger partial charge in [0.25, 0.3) is 5.91 Å². The molecule has 0 spiro atoms. The average Bonchev–Trinajstić information content (AvgIpc) is 2.99. The Morgan fingerprint density at radius 1 is 1.27 bits per heavy atom. The Hall–Kier alpha value is -2.56. The minimum absolute atomic E-state index is 0.113. The van der Waals surface area contributed by atoms with Crippen LogP contribution in [0.1, 0.15) is 41.0 Å². The first-order valence-corrected chi connectivity index (χ1v) is 7.30. The number of nitrogens with zero attached hydrogens (tertiary/aromatic N) is 1. The molecule has 3 rings (SSSR count). The lowest BCUT2D eigenvalue weighted by atomic mass is 10.1. The van der Waals surface area contributed by atoms with Gasteiger partial charge in [0, 0.05) is 11.8 Å². The summed E-state index contributed by atoms with van der Waals surface area (Å²) in [6.07, 6.45) is 2.53. The largest absolute Gasteiger partial charge is 0.454 e. The van der Waals surface area contributed by atoms with Crippen LogP contribution in [-0.4, -0.2) is 17.7 Å². The molecule has 5 nitrogen and oxygen atoms in total. The number of aromatic nitrogens is 1. The number of aryl methyl sites for hydroxylation is 1. The third kappa shape index (κ3) is 2.88. The molecule has 0 saturated heterocycles. The zero-order valence-corrected chi connectivity index (χ0v) is 12.6. The number of carbonyl (C=O) groups excluding carboxylic acids is 1. The molecule has 1 aromatic carbocycles. The van der Waals surface area contributed by atoms with Crippen LogP contribution in [0.2, 0.25) is 0 Å². The number of benzene rings is 1. The molecule has 1 amide bonds. The summed E-state index contributed by atoms with van der Waals surface area (Å²) in [7, 11) is 0. The lowest BCUT2D eigenvalue weighted by Gasteiger charge is -2.17. The van der Waals surface area contributed by atoms with Crippen molar-refractivity contribution in [3.05, 3.63) is 53.3 Å². The summed E-state index contributed by atoms with van der Waals surface area (Å²) in [5.74, 6) is 1.13. The van der Waals surface area contributed by atoms with E-state index < -0.39 is 0 Å². The van der Waals surface area contributed by atoms with Crippen LogP contribution in [0.5, 0.6) is 11.5 Å². The van der Waals surface area contributed by atoms with E-state index in [1.165, 1.54) is 0 Å². The fourth-order valence-corrected chi connectivity index (χ4v) is 2.41. The van der Waals surface area contributed by atoms with Crippen molar-refractivity contribution in [1.82, 2.24) is 10.3 Å². The van der Waals surface area contributed by atoms with Gasteiger partial charge in [-0.2, -0.15) is 0 Å². The van der Waals surface area contributed by atoms with Crippen molar-refractivity contribution in [2.75, 3.05) is 6.79 Å². The molecule has 2 heterocycles. The molecular formula is C17H18N2O3. The van der Waals surface area contributed by atoms with E-state index in [1.54, 1.807) is 24.4 Å². The summed E-state index contributed by atoms with van der Waals surface area (Å²) in [5.41, 5.74) is 2.55. The van der Waals surface area contributed by atoms with E-state index in [2.05, 4.69) is 10.3 Å². The fraction of sp³-hybridized carbons (Fsp3) is 0.294. The molecule has 1 aliphatic heterocycles. The molecule has 0 aliphatic carbocycles.